The van der Waals surface area contributed by atoms with Crippen molar-refractivity contribution < 1.29 is 9.52 Å². The second-order valence-electron chi connectivity index (χ2n) is 4.32. The SMILES string of the molecule is C/C(=N\Nc1cccc(Cl)c1Cl)c1c(O)cc(C)oc1=O. The molecule has 0 aliphatic carbocycles. The molecule has 1 aromatic heterocycles. The second kappa shape index (κ2) is 6.20. The van der Waals surface area contributed by atoms with Crippen LogP contribution in [0.4, 0.5) is 5.69 Å². The van der Waals surface area contributed by atoms with Gasteiger partial charge in [-0.2, -0.15) is 5.10 Å². The summed E-state index contributed by atoms with van der Waals surface area (Å²) in [5.74, 6) is 0.129. The number of anilines is 1. The minimum atomic E-state index is -0.659. The molecule has 110 valence electrons. The maximum atomic E-state index is 11.8. The van der Waals surface area contributed by atoms with Gasteiger partial charge in [0.05, 0.1) is 21.4 Å². The number of aryl methyl sites for hydroxylation is 1. The average molecular weight is 327 g/mol. The van der Waals surface area contributed by atoms with Crippen molar-refractivity contribution in [1.29, 1.82) is 0 Å². The van der Waals surface area contributed by atoms with Crippen LogP contribution in [0, 0.1) is 6.92 Å². The molecule has 0 radical (unpaired) electrons. The summed E-state index contributed by atoms with van der Waals surface area (Å²) in [4.78, 5) is 11.8. The number of nitrogens with zero attached hydrogens (tertiary/aromatic N) is 1. The molecule has 5 nitrogen and oxygen atoms in total. The van der Waals surface area contributed by atoms with Crippen molar-refractivity contribution in [2.45, 2.75) is 13.8 Å². The lowest BCUT2D eigenvalue weighted by Gasteiger charge is -2.07. The number of rotatable bonds is 3. The fourth-order valence-electron chi connectivity index (χ4n) is 1.72. The summed E-state index contributed by atoms with van der Waals surface area (Å²) in [6, 6.07) is 6.38. The van der Waals surface area contributed by atoms with Crippen LogP contribution in [-0.2, 0) is 0 Å². The Hall–Kier alpha value is -1.98. The first-order chi connectivity index (χ1) is 9.90. The molecular weight excluding hydrogens is 315 g/mol. The zero-order chi connectivity index (χ0) is 15.6. The summed E-state index contributed by atoms with van der Waals surface area (Å²) in [7, 11) is 0. The quantitative estimate of drug-likeness (QED) is 0.664. The summed E-state index contributed by atoms with van der Waals surface area (Å²) in [6.07, 6.45) is 0. The standard InChI is InChI=1S/C14H12Cl2N2O3/c1-7-6-11(19)12(14(20)21-7)8(2)17-18-10-5-3-4-9(15)13(10)16/h3-6,18-19H,1-2H3/b17-8+. The van der Waals surface area contributed by atoms with Crippen LogP contribution in [0.3, 0.4) is 0 Å². The molecule has 0 amide bonds. The van der Waals surface area contributed by atoms with Crippen LogP contribution in [0.2, 0.25) is 10.0 Å². The van der Waals surface area contributed by atoms with Crippen LogP contribution >= 0.6 is 23.2 Å². The predicted molar refractivity (Wildman–Crippen MR) is 83.7 cm³/mol. The lowest BCUT2D eigenvalue weighted by molar-refractivity contribution is 0.432. The molecule has 0 saturated heterocycles. The zero-order valence-corrected chi connectivity index (χ0v) is 12.8. The molecule has 2 aromatic rings. The summed E-state index contributed by atoms with van der Waals surface area (Å²) < 4.78 is 4.93. The number of hydrazone groups is 1. The van der Waals surface area contributed by atoms with Gasteiger partial charge in [0.15, 0.2) is 0 Å². The van der Waals surface area contributed by atoms with Gasteiger partial charge in [0, 0.05) is 6.07 Å². The lowest BCUT2D eigenvalue weighted by Crippen LogP contribution is -2.14. The first-order valence-electron chi connectivity index (χ1n) is 5.98. The molecule has 0 fully saturated rings. The molecule has 0 aliphatic heterocycles. The summed E-state index contributed by atoms with van der Waals surface area (Å²) in [5.41, 5.74) is 2.78. The fraction of sp³-hybridized carbons (Fsp3) is 0.143. The third-order valence-electron chi connectivity index (χ3n) is 2.71. The van der Waals surface area contributed by atoms with Crippen molar-refractivity contribution in [2.24, 2.45) is 5.10 Å². The van der Waals surface area contributed by atoms with Gasteiger partial charge in [0.25, 0.3) is 0 Å². The largest absolute Gasteiger partial charge is 0.507 e. The van der Waals surface area contributed by atoms with Gasteiger partial charge < -0.3 is 9.52 Å². The summed E-state index contributed by atoms with van der Waals surface area (Å²) >= 11 is 11.9. The summed E-state index contributed by atoms with van der Waals surface area (Å²) in [6.45, 7) is 3.13. The topological polar surface area (TPSA) is 74.8 Å². The van der Waals surface area contributed by atoms with E-state index in [1.807, 2.05) is 0 Å². The molecule has 0 spiro atoms. The highest BCUT2D eigenvalue weighted by Crippen LogP contribution is 2.29. The van der Waals surface area contributed by atoms with Crippen molar-refractivity contribution in [3.63, 3.8) is 0 Å². The molecule has 2 N–H and O–H groups in total. The van der Waals surface area contributed by atoms with Crippen molar-refractivity contribution in [3.05, 3.63) is 56.1 Å². The number of aromatic hydroxyl groups is 1. The van der Waals surface area contributed by atoms with Crippen LogP contribution in [0.15, 0.2) is 38.6 Å². The molecule has 0 bridgehead atoms. The Bertz CT molecular complexity index is 769. The van der Waals surface area contributed by atoms with Gasteiger partial charge in [0.2, 0.25) is 0 Å². The van der Waals surface area contributed by atoms with E-state index < -0.39 is 5.63 Å². The van der Waals surface area contributed by atoms with E-state index in [-0.39, 0.29) is 17.0 Å². The highest BCUT2D eigenvalue weighted by atomic mass is 35.5. The molecule has 7 heteroatoms. The molecular formula is C14H12Cl2N2O3. The van der Waals surface area contributed by atoms with E-state index >= 15 is 0 Å². The Kier molecular flexibility index (Phi) is 4.55. The fourth-order valence-corrected chi connectivity index (χ4v) is 2.06. The number of nitrogens with one attached hydrogen (secondary N) is 1. The van der Waals surface area contributed by atoms with Crippen molar-refractivity contribution >= 4 is 34.6 Å². The third-order valence-corrected chi connectivity index (χ3v) is 3.53. The van der Waals surface area contributed by atoms with Crippen molar-refractivity contribution in [3.8, 4) is 5.75 Å². The number of halogens is 2. The van der Waals surface area contributed by atoms with Gasteiger partial charge >= 0.3 is 5.63 Å². The lowest BCUT2D eigenvalue weighted by atomic mass is 10.2. The first-order valence-corrected chi connectivity index (χ1v) is 6.74. The minimum Gasteiger partial charge on any atom is -0.507 e. The number of hydrogen-bond donors (Lipinski definition) is 2. The van der Waals surface area contributed by atoms with E-state index in [9.17, 15) is 9.90 Å². The number of benzene rings is 1. The molecule has 21 heavy (non-hydrogen) atoms. The maximum Gasteiger partial charge on any atom is 0.348 e. The maximum absolute atomic E-state index is 11.8. The Morgan fingerprint density at radius 1 is 1.38 bits per heavy atom. The van der Waals surface area contributed by atoms with E-state index in [0.717, 1.165) is 0 Å². The monoisotopic (exact) mass is 326 g/mol. The van der Waals surface area contributed by atoms with Gasteiger partial charge in [-0.25, -0.2) is 4.79 Å². The van der Waals surface area contributed by atoms with Crippen LogP contribution in [0.25, 0.3) is 0 Å². The van der Waals surface area contributed by atoms with E-state index in [1.54, 1.807) is 32.0 Å². The van der Waals surface area contributed by atoms with E-state index in [1.165, 1.54) is 6.07 Å². The molecule has 0 saturated carbocycles. The van der Waals surface area contributed by atoms with E-state index in [2.05, 4.69) is 10.5 Å². The number of hydrogen-bond acceptors (Lipinski definition) is 5. The predicted octanol–water partition coefficient (Wildman–Crippen LogP) is 3.80. The normalized spacial score (nSPS) is 11.5. The third kappa shape index (κ3) is 3.37. The van der Waals surface area contributed by atoms with Crippen LogP contribution in [0.1, 0.15) is 18.2 Å². The van der Waals surface area contributed by atoms with Gasteiger partial charge in [-0.3, -0.25) is 5.43 Å². The van der Waals surface area contributed by atoms with Gasteiger partial charge in [-0.05, 0) is 26.0 Å². The Morgan fingerprint density at radius 2 is 2.10 bits per heavy atom. The minimum absolute atomic E-state index is 0.00810. The van der Waals surface area contributed by atoms with Crippen LogP contribution < -0.4 is 11.1 Å². The summed E-state index contributed by atoms with van der Waals surface area (Å²) in [5, 5.41) is 14.5. The molecule has 0 aliphatic rings. The van der Waals surface area contributed by atoms with Crippen molar-refractivity contribution in [1.82, 2.24) is 0 Å². The Morgan fingerprint density at radius 3 is 2.76 bits per heavy atom. The Labute approximate surface area is 130 Å². The highest BCUT2D eigenvalue weighted by Gasteiger charge is 2.13. The first kappa shape index (κ1) is 15.4. The van der Waals surface area contributed by atoms with E-state index in [4.69, 9.17) is 27.6 Å². The zero-order valence-electron chi connectivity index (χ0n) is 11.3. The van der Waals surface area contributed by atoms with Gasteiger partial charge in [0.1, 0.15) is 17.1 Å². The molecule has 0 atom stereocenters. The van der Waals surface area contributed by atoms with Crippen molar-refractivity contribution in [2.75, 3.05) is 5.43 Å². The highest BCUT2D eigenvalue weighted by molar-refractivity contribution is 6.43. The van der Waals surface area contributed by atoms with Crippen LogP contribution in [-0.4, -0.2) is 10.8 Å². The molecule has 1 heterocycles. The van der Waals surface area contributed by atoms with E-state index in [0.29, 0.717) is 21.5 Å². The second-order valence-corrected chi connectivity index (χ2v) is 5.10. The molecule has 0 unspecified atom stereocenters. The van der Waals surface area contributed by atoms with Gasteiger partial charge in [-0.15, -0.1) is 0 Å². The Balaban J connectivity index is 2.35. The molecule has 2 rings (SSSR count). The average Bonchev–Trinajstić information content (AvgIpc) is 2.39. The smallest absolute Gasteiger partial charge is 0.348 e. The molecule has 1 aromatic carbocycles. The van der Waals surface area contributed by atoms with Gasteiger partial charge in [-0.1, -0.05) is 29.3 Å². The van der Waals surface area contributed by atoms with Crippen LogP contribution in [0.5, 0.6) is 5.75 Å².